The fourth-order valence-corrected chi connectivity index (χ4v) is 4.27. The van der Waals surface area contributed by atoms with E-state index in [-0.39, 0.29) is 17.3 Å². The Morgan fingerprint density at radius 3 is 2.71 bits per heavy atom. The van der Waals surface area contributed by atoms with Crippen molar-refractivity contribution in [1.29, 1.82) is 0 Å². The van der Waals surface area contributed by atoms with Gasteiger partial charge in [0.05, 0.1) is 24.3 Å². The highest BCUT2D eigenvalue weighted by molar-refractivity contribution is 7.91. The van der Waals surface area contributed by atoms with E-state index in [0.29, 0.717) is 12.3 Å². The molecule has 0 radical (unpaired) electrons. The van der Waals surface area contributed by atoms with Gasteiger partial charge >= 0.3 is 0 Å². The number of nitrogens with one attached hydrogen (secondary N) is 1. The van der Waals surface area contributed by atoms with Crippen molar-refractivity contribution in [2.45, 2.75) is 51.9 Å². The SMILES string of the molecule is CN(Cc1cc(CNC(C)(C)C)co1)C1CCS(=O)(=O)C1. The third-order valence-electron chi connectivity index (χ3n) is 3.77. The van der Waals surface area contributed by atoms with Gasteiger partial charge in [-0.3, -0.25) is 4.90 Å². The molecule has 120 valence electrons. The average Bonchev–Trinajstić information content (AvgIpc) is 2.92. The van der Waals surface area contributed by atoms with Crippen molar-refractivity contribution < 1.29 is 12.8 Å². The van der Waals surface area contributed by atoms with Crippen LogP contribution in [0.1, 0.15) is 38.5 Å². The highest BCUT2D eigenvalue weighted by Gasteiger charge is 2.30. The number of hydrogen-bond donors (Lipinski definition) is 1. The largest absolute Gasteiger partial charge is 0.468 e. The first-order chi connectivity index (χ1) is 9.65. The van der Waals surface area contributed by atoms with E-state index in [9.17, 15) is 8.42 Å². The maximum absolute atomic E-state index is 11.5. The van der Waals surface area contributed by atoms with E-state index in [1.165, 1.54) is 0 Å². The first-order valence-corrected chi connectivity index (χ1v) is 9.19. The van der Waals surface area contributed by atoms with E-state index >= 15 is 0 Å². The third-order valence-corrected chi connectivity index (χ3v) is 5.52. The van der Waals surface area contributed by atoms with Crippen LogP contribution in [-0.2, 0) is 22.9 Å². The second-order valence-electron chi connectivity index (χ2n) is 7.00. The van der Waals surface area contributed by atoms with Crippen LogP contribution in [0.4, 0.5) is 0 Å². The van der Waals surface area contributed by atoms with Gasteiger partial charge in [0.2, 0.25) is 0 Å². The molecule has 0 saturated carbocycles. The first kappa shape index (κ1) is 16.5. The molecule has 1 fully saturated rings. The minimum atomic E-state index is -2.83. The average molecular weight is 314 g/mol. The van der Waals surface area contributed by atoms with Gasteiger partial charge in [-0.1, -0.05) is 0 Å². The maximum atomic E-state index is 11.5. The molecule has 0 bridgehead atoms. The van der Waals surface area contributed by atoms with Crippen molar-refractivity contribution in [3.05, 3.63) is 23.7 Å². The summed E-state index contributed by atoms with van der Waals surface area (Å²) in [4.78, 5) is 2.07. The van der Waals surface area contributed by atoms with Gasteiger partial charge in [-0.05, 0) is 40.3 Å². The van der Waals surface area contributed by atoms with Crippen molar-refractivity contribution >= 4 is 9.84 Å². The van der Waals surface area contributed by atoms with Crippen molar-refractivity contribution in [2.75, 3.05) is 18.6 Å². The van der Waals surface area contributed by atoms with Crippen LogP contribution in [0.25, 0.3) is 0 Å². The quantitative estimate of drug-likeness (QED) is 0.898. The number of hydrogen-bond acceptors (Lipinski definition) is 5. The molecule has 0 spiro atoms. The zero-order chi connectivity index (χ0) is 15.7. The Hall–Kier alpha value is -0.850. The molecule has 1 aromatic rings. The van der Waals surface area contributed by atoms with Crippen molar-refractivity contribution in [3.8, 4) is 0 Å². The Morgan fingerprint density at radius 2 is 2.14 bits per heavy atom. The molecule has 0 amide bonds. The lowest BCUT2D eigenvalue weighted by Crippen LogP contribution is -2.34. The molecule has 1 aliphatic rings. The fraction of sp³-hybridized carbons (Fsp3) is 0.733. The molecule has 0 aliphatic carbocycles. The van der Waals surface area contributed by atoms with Crippen molar-refractivity contribution in [2.24, 2.45) is 0 Å². The summed E-state index contributed by atoms with van der Waals surface area (Å²) in [6.07, 6.45) is 2.49. The van der Waals surface area contributed by atoms with Crippen LogP contribution >= 0.6 is 0 Å². The first-order valence-electron chi connectivity index (χ1n) is 7.37. The molecule has 1 saturated heterocycles. The maximum Gasteiger partial charge on any atom is 0.151 e. The molecule has 5 nitrogen and oxygen atoms in total. The van der Waals surface area contributed by atoms with Crippen LogP contribution in [0, 0.1) is 0 Å². The topological polar surface area (TPSA) is 62.6 Å². The molecule has 1 aliphatic heterocycles. The van der Waals surface area contributed by atoms with Gasteiger partial charge in [0, 0.05) is 23.7 Å². The molecule has 0 aromatic carbocycles. The third kappa shape index (κ3) is 5.13. The summed E-state index contributed by atoms with van der Waals surface area (Å²) in [5, 5.41) is 3.42. The van der Waals surface area contributed by atoms with Crippen LogP contribution in [0.2, 0.25) is 0 Å². The molecule has 1 N–H and O–H groups in total. The summed E-state index contributed by atoms with van der Waals surface area (Å²) in [5.41, 5.74) is 1.19. The van der Waals surface area contributed by atoms with Crippen LogP contribution in [0.15, 0.2) is 16.7 Å². The monoisotopic (exact) mass is 314 g/mol. The van der Waals surface area contributed by atoms with E-state index in [0.717, 1.165) is 24.3 Å². The summed E-state index contributed by atoms with van der Waals surface area (Å²) < 4.78 is 28.6. The van der Waals surface area contributed by atoms with Gasteiger partial charge in [0.1, 0.15) is 5.76 Å². The van der Waals surface area contributed by atoms with Gasteiger partial charge in [0.15, 0.2) is 9.84 Å². The number of furan rings is 1. The Kier molecular flexibility index (Phi) is 4.80. The number of nitrogens with zero attached hydrogens (tertiary/aromatic N) is 1. The zero-order valence-corrected chi connectivity index (χ0v) is 14.2. The van der Waals surface area contributed by atoms with Gasteiger partial charge in [-0.25, -0.2) is 8.42 Å². The summed E-state index contributed by atoms with van der Waals surface area (Å²) >= 11 is 0. The molecule has 21 heavy (non-hydrogen) atoms. The van der Waals surface area contributed by atoms with Crippen LogP contribution < -0.4 is 5.32 Å². The van der Waals surface area contributed by atoms with Crippen molar-refractivity contribution in [3.63, 3.8) is 0 Å². The van der Waals surface area contributed by atoms with Crippen LogP contribution in [-0.4, -0.2) is 43.5 Å². The van der Waals surface area contributed by atoms with E-state index in [1.54, 1.807) is 6.26 Å². The molecular weight excluding hydrogens is 288 g/mol. The fourth-order valence-electron chi connectivity index (χ4n) is 2.47. The standard InChI is InChI=1S/C15H26N2O3S/c1-15(2,3)16-8-12-7-14(20-10-12)9-17(4)13-5-6-21(18,19)11-13/h7,10,13,16H,5-6,8-9,11H2,1-4H3. The van der Waals surface area contributed by atoms with E-state index in [4.69, 9.17) is 4.42 Å². The number of sulfone groups is 1. The lowest BCUT2D eigenvalue weighted by molar-refractivity contribution is 0.234. The molecule has 1 aromatic heterocycles. The summed E-state index contributed by atoms with van der Waals surface area (Å²) in [6.45, 7) is 7.80. The minimum Gasteiger partial charge on any atom is -0.468 e. The molecular formula is C15H26N2O3S. The van der Waals surface area contributed by atoms with Gasteiger partial charge in [-0.15, -0.1) is 0 Å². The highest BCUT2D eigenvalue weighted by Crippen LogP contribution is 2.19. The lowest BCUT2D eigenvalue weighted by Gasteiger charge is -2.21. The summed E-state index contributed by atoms with van der Waals surface area (Å²) in [7, 11) is -0.875. The van der Waals surface area contributed by atoms with E-state index in [1.807, 2.05) is 13.1 Å². The van der Waals surface area contributed by atoms with Crippen LogP contribution in [0.5, 0.6) is 0 Å². The van der Waals surface area contributed by atoms with E-state index in [2.05, 4.69) is 31.0 Å². The predicted molar refractivity (Wildman–Crippen MR) is 83.8 cm³/mol. The second kappa shape index (κ2) is 6.10. The number of rotatable bonds is 5. The Morgan fingerprint density at radius 1 is 1.43 bits per heavy atom. The van der Waals surface area contributed by atoms with Crippen molar-refractivity contribution in [1.82, 2.24) is 10.2 Å². The Bertz CT molecular complexity index is 572. The normalized spacial score (nSPS) is 22.0. The van der Waals surface area contributed by atoms with Gasteiger partial charge in [0.25, 0.3) is 0 Å². The van der Waals surface area contributed by atoms with Gasteiger partial charge < -0.3 is 9.73 Å². The predicted octanol–water partition coefficient (Wildman–Crippen LogP) is 1.79. The lowest BCUT2D eigenvalue weighted by atomic mass is 10.1. The molecule has 6 heteroatoms. The molecule has 1 unspecified atom stereocenters. The Balaban J connectivity index is 1.87. The second-order valence-corrected chi connectivity index (χ2v) is 9.23. The van der Waals surface area contributed by atoms with Gasteiger partial charge in [-0.2, -0.15) is 0 Å². The smallest absolute Gasteiger partial charge is 0.151 e. The summed E-state index contributed by atoms with van der Waals surface area (Å²) in [5.74, 6) is 1.45. The minimum absolute atomic E-state index is 0.0758. The molecule has 1 atom stereocenters. The Labute approximate surface area is 127 Å². The molecule has 2 heterocycles. The molecule has 2 rings (SSSR count). The zero-order valence-electron chi connectivity index (χ0n) is 13.3. The summed E-state index contributed by atoms with van der Waals surface area (Å²) in [6, 6.07) is 2.15. The van der Waals surface area contributed by atoms with E-state index < -0.39 is 9.84 Å². The highest BCUT2D eigenvalue weighted by atomic mass is 32.2. The van der Waals surface area contributed by atoms with Crippen LogP contribution in [0.3, 0.4) is 0 Å².